The zero-order valence-corrected chi connectivity index (χ0v) is 13.3. The second-order valence-corrected chi connectivity index (χ2v) is 7.76. The number of ketones is 1. The van der Waals surface area contributed by atoms with Gasteiger partial charge in [-0.2, -0.15) is 4.31 Å². The monoisotopic (exact) mass is 342 g/mol. The van der Waals surface area contributed by atoms with Gasteiger partial charge < -0.3 is 5.32 Å². The second kappa shape index (κ2) is 5.64. The van der Waals surface area contributed by atoms with Crippen molar-refractivity contribution in [2.45, 2.75) is 17.7 Å². The van der Waals surface area contributed by atoms with Crippen molar-refractivity contribution in [1.29, 1.82) is 0 Å². The van der Waals surface area contributed by atoms with Crippen molar-refractivity contribution in [2.24, 2.45) is 5.92 Å². The van der Waals surface area contributed by atoms with Gasteiger partial charge in [-0.15, -0.1) is 11.6 Å². The number of hydrogen-bond acceptors (Lipinski definition) is 4. The second-order valence-electron chi connectivity index (χ2n) is 5.52. The average Bonchev–Trinajstić information content (AvgIpc) is 2.82. The van der Waals surface area contributed by atoms with Gasteiger partial charge in [-0.3, -0.25) is 9.59 Å². The molecule has 1 N–H and O–H groups in total. The van der Waals surface area contributed by atoms with Crippen molar-refractivity contribution in [3.63, 3.8) is 0 Å². The predicted octanol–water partition coefficient (Wildman–Crippen LogP) is 1.46. The Labute approximate surface area is 133 Å². The Morgan fingerprint density at radius 1 is 1.32 bits per heavy atom. The van der Waals surface area contributed by atoms with Crippen LogP contribution in [-0.2, 0) is 14.8 Å². The number of carbonyl (C=O) groups is 2. The van der Waals surface area contributed by atoms with Crippen LogP contribution in [0.5, 0.6) is 0 Å². The van der Waals surface area contributed by atoms with Crippen LogP contribution in [0, 0.1) is 5.92 Å². The van der Waals surface area contributed by atoms with Crippen LogP contribution in [0.3, 0.4) is 0 Å². The molecule has 0 bridgehead atoms. The first kappa shape index (κ1) is 15.5. The van der Waals surface area contributed by atoms with Crippen LogP contribution >= 0.6 is 11.6 Å². The molecule has 1 aromatic rings. The molecule has 1 atom stereocenters. The number of halogens is 1. The fourth-order valence-corrected chi connectivity index (χ4v) is 4.64. The smallest absolute Gasteiger partial charge is 0.296 e. The first-order valence-corrected chi connectivity index (χ1v) is 8.97. The number of anilines is 1. The van der Waals surface area contributed by atoms with Crippen molar-refractivity contribution in [1.82, 2.24) is 4.31 Å². The molecular formula is C14H15ClN2O4S. The molecule has 2 aliphatic rings. The van der Waals surface area contributed by atoms with Crippen LogP contribution in [0.2, 0.25) is 0 Å². The molecule has 6 nitrogen and oxygen atoms in total. The van der Waals surface area contributed by atoms with Crippen LogP contribution in [-0.4, -0.2) is 43.4 Å². The molecule has 3 rings (SSSR count). The van der Waals surface area contributed by atoms with E-state index in [1.807, 2.05) is 0 Å². The third-order valence-electron chi connectivity index (χ3n) is 4.03. The van der Waals surface area contributed by atoms with Crippen LogP contribution in [0.4, 0.5) is 5.69 Å². The number of benzene rings is 1. The first-order chi connectivity index (χ1) is 10.4. The molecule has 0 spiro atoms. The average molecular weight is 343 g/mol. The molecule has 2 heterocycles. The van der Waals surface area contributed by atoms with Crippen LogP contribution in [0.1, 0.15) is 23.2 Å². The molecule has 1 saturated heterocycles. The Morgan fingerprint density at radius 3 is 2.82 bits per heavy atom. The number of sulfonamides is 1. The van der Waals surface area contributed by atoms with E-state index >= 15 is 0 Å². The standard InChI is InChI=1S/C14H15ClN2O4S/c15-7-9-2-1-5-17(8-9)22(20,21)10-3-4-12-11(6-10)13(18)14(19)16-12/h3-4,6,9H,1-2,5,7-8H2,(H,16,18,19). The zero-order chi connectivity index (χ0) is 15.9. The van der Waals surface area contributed by atoms with Gasteiger partial charge >= 0.3 is 0 Å². The van der Waals surface area contributed by atoms with Gasteiger partial charge in [0.1, 0.15) is 0 Å². The number of fused-ring (bicyclic) bond motifs is 1. The summed E-state index contributed by atoms with van der Waals surface area (Å²) >= 11 is 5.84. The largest absolute Gasteiger partial charge is 0.318 e. The van der Waals surface area contributed by atoms with E-state index in [1.54, 1.807) is 0 Å². The number of nitrogens with one attached hydrogen (secondary N) is 1. The summed E-state index contributed by atoms with van der Waals surface area (Å²) in [5.41, 5.74) is 0.461. The molecule has 1 aromatic carbocycles. The topological polar surface area (TPSA) is 83.6 Å². The van der Waals surface area contributed by atoms with Crippen molar-refractivity contribution >= 4 is 39.0 Å². The maximum absolute atomic E-state index is 12.7. The molecule has 1 amide bonds. The lowest BCUT2D eigenvalue weighted by Crippen LogP contribution is -2.40. The number of piperidine rings is 1. The van der Waals surface area contributed by atoms with Crippen molar-refractivity contribution in [3.05, 3.63) is 23.8 Å². The Hall–Kier alpha value is -1.44. The van der Waals surface area contributed by atoms with Gasteiger partial charge in [0, 0.05) is 19.0 Å². The Morgan fingerprint density at radius 2 is 2.09 bits per heavy atom. The zero-order valence-electron chi connectivity index (χ0n) is 11.7. The summed E-state index contributed by atoms with van der Waals surface area (Å²) in [6.07, 6.45) is 1.68. The minimum atomic E-state index is -3.68. The molecule has 0 aromatic heterocycles. The molecule has 2 aliphatic heterocycles. The van der Waals surface area contributed by atoms with Crippen molar-refractivity contribution in [2.75, 3.05) is 24.3 Å². The quantitative estimate of drug-likeness (QED) is 0.666. The van der Waals surface area contributed by atoms with E-state index < -0.39 is 21.7 Å². The highest BCUT2D eigenvalue weighted by Crippen LogP contribution is 2.29. The number of alkyl halides is 1. The number of carbonyl (C=O) groups excluding carboxylic acids is 2. The van der Waals surface area contributed by atoms with Gasteiger partial charge in [0.25, 0.3) is 11.7 Å². The first-order valence-electron chi connectivity index (χ1n) is 6.99. The van der Waals surface area contributed by atoms with Gasteiger partial charge in [0.2, 0.25) is 10.0 Å². The van der Waals surface area contributed by atoms with Crippen LogP contribution in [0.25, 0.3) is 0 Å². The summed E-state index contributed by atoms with van der Waals surface area (Å²) in [6.45, 7) is 0.825. The van der Waals surface area contributed by atoms with E-state index in [2.05, 4.69) is 5.32 Å². The highest BCUT2D eigenvalue weighted by atomic mass is 35.5. The number of rotatable bonds is 3. The van der Waals surface area contributed by atoms with Gasteiger partial charge in [0.05, 0.1) is 16.1 Å². The molecule has 22 heavy (non-hydrogen) atoms. The predicted molar refractivity (Wildman–Crippen MR) is 81.6 cm³/mol. The van der Waals surface area contributed by atoms with E-state index in [0.717, 1.165) is 12.8 Å². The highest BCUT2D eigenvalue weighted by Gasteiger charge is 2.33. The summed E-state index contributed by atoms with van der Waals surface area (Å²) in [5, 5.41) is 2.41. The van der Waals surface area contributed by atoms with Crippen molar-refractivity contribution in [3.8, 4) is 0 Å². The summed E-state index contributed by atoms with van der Waals surface area (Å²) in [7, 11) is -3.68. The number of amides is 1. The fraction of sp³-hybridized carbons (Fsp3) is 0.429. The minimum Gasteiger partial charge on any atom is -0.318 e. The van der Waals surface area contributed by atoms with Crippen molar-refractivity contribution < 1.29 is 18.0 Å². The number of hydrogen-bond donors (Lipinski definition) is 1. The number of Topliss-reactive ketones (excluding diaryl/α,β-unsaturated/α-hetero) is 1. The lowest BCUT2D eigenvalue weighted by atomic mass is 10.0. The summed E-state index contributed by atoms with van der Waals surface area (Å²) < 4.78 is 26.8. The summed E-state index contributed by atoms with van der Waals surface area (Å²) in [4.78, 5) is 23.1. The molecule has 0 aliphatic carbocycles. The Kier molecular flexibility index (Phi) is 3.96. The molecule has 1 unspecified atom stereocenters. The minimum absolute atomic E-state index is 0.0336. The molecular weight excluding hydrogens is 328 g/mol. The lowest BCUT2D eigenvalue weighted by Gasteiger charge is -2.31. The fourth-order valence-electron chi connectivity index (χ4n) is 2.80. The van der Waals surface area contributed by atoms with E-state index in [9.17, 15) is 18.0 Å². The van der Waals surface area contributed by atoms with Crippen LogP contribution in [0.15, 0.2) is 23.1 Å². The molecule has 118 valence electrons. The normalized spacial score (nSPS) is 22.5. The van der Waals surface area contributed by atoms with E-state index in [4.69, 9.17) is 11.6 Å². The molecule has 0 saturated carbocycles. The van der Waals surface area contributed by atoms with Gasteiger partial charge in [-0.05, 0) is 37.0 Å². The Bertz CT molecular complexity index is 747. The maximum atomic E-state index is 12.7. The molecule has 1 fully saturated rings. The highest BCUT2D eigenvalue weighted by molar-refractivity contribution is 7.89. The SMILES string of the molecule is O=C1Nc2ccc(S(=O)(=O)N3CCCC(CCl)C3)cc2C1=O. The van der Waals surface area contributed by atoms with Gasteiger partial charge in [-0.25, -0.2) is 8.42 Å². The lowest BCUT2D eigenvalue weighted by molar-refractivity contribution is -0.112. The molecule has 0 radical (unpaired) electrons. The Balaban J connectivity index is 1.94. The summed E-state index contributed by atoms with van der Waals surface area (Å²) in [6, 6.07) is 4.14. The van der Waals surface area contributed by atoms with Gasteiger partial charge in [-0.1, -0.05) is 0 Å². The van der Waals surface area contributed by atoms with E-state index in [0.29, 0.717) is 24.7 Å². The third kappa shape index (κ3) is 2.53. The van der Waals surface area contributed by atoms with Gasteiger partial charge in [0.15, 0.2) is 0 Å². The van der Waals surface area contributed by atoms with E-state index in [-0.39, 0.29) is 16.4 Å². The van der Waals surface area contributed by atoms with Crippen LogP contribution < -0.4 is 5.32 Å². The van der Waals surface area contributed by atoms with E-state index in [1.165, 1.54) is 22.5 Å². The number of nitrogens with zero attached hydrogens (tertiary/aromatic N) is 1. The maximum Gasteiger partial charge on any atom is 0.296 e. The molecule has 8 heteroatoms. The summed E-state index contributed by atoms with van der Waals surface area (Å²) in [5.74, 6) is -0.869. The third-order valence-corrected chi connectivity index (χ3v) is 6.33.